The van der Waals surface area contributed by atoms with Crippen molar-refractivity contribution in [3.05, 3.63) is 24.3 Å². The van der Waals surface area contributed by atoms with Gasteiger partial charge in [-0.05, 0) is 31.4 Å². The molecule has 0 bridgehead atoms. The molecule has 0 fully saturated rings. The maximum Gasteiger partial charge on any atom is 0.242 e. The minimum Gasteiger partial charge on any atom is -0.385 e. The van der Waals surface area contributed by atoms with Crippen molar-refractivity contribution in [3.63, 3.8) is 0 Å². The van der Waals surface area contributed by atoms with Gasteiger partial charge in [-0.25, -0.2) is 13.1 Å². The van der Waals surface area contributed by atoms with E-state index in [-0.39, 0.29) is 0 Å². The zero-order valence-electron chi connectivity index (χ0n) is 12.2. The van der Waals surface area contributed by atoms with E-state index in [0.717, 1.165) is 32.4 Å². The minimum absolute atomic E-state index is 0.306. The van der Waals surface area contributed by atoms with E-state index in [1.807, 2.05) is 13.0 Å². The highest BCUT2D eigenvalue weighted by molar-refractivity contribution is 7.89. The van der Waals surface area contributed by atoms with Crippen molar-refractivity contribution in [1.29, 1.82) is 0 Å². The third-order valence-corrected chi connectivity index (χ3v) is 4.33. The van der Waals surface area contributed by atoms with Gasteiger partial charge in [0.15, 0.2) is 0 Å². The second kappa shape index (κ2) is 8.94. The molecule has 1 aromatic carbocycles. The molecule has 5 nitrogen and oxygen atoms in total. The molecule has 6 heteroatoms. The SMILES string of the molecule is CCCNS(=O)(=O)c1ccccc1NCCCCOC. The molecule has 2 N–H and O–H groups in total. The van der Waals surface area contributed by atoms with Crippen LogP contribution in [0.25, 0.3) is 0 Å². The summed E-state index contributed by atoms with van der Waals surface area (Å²) in [5, 5.41) is 3.18. The van der Waals surface area contributed by atoms with E-state index in [0.29, 0.717) is 17.1 Å². The number of anilines is 1. The maximum atomic E-state index is 12.2. The lowest BCUT2D eigenvalue weighted by atomic mass is 10.3. The highest BCUT2D eigenvalue weighted by Gasteiger charge is 2.16. The van der Waals surface area contributed by atoms with E-state index in [9.17, 15) is 8.42 Å². The summed E-state index contributed by atoms with van der Waals surface area (Å²) in [4.78, 5) is 0.306. The molecule has 0 aromatic heterocycles. The number of nitrogens with one attached hydrogen (secondary N) is 2. The lowest BCUT2D eigenvalue weighted by molar-refractivity contribution is 0.194. The summed E-state index contributed by atoms with van der Waals surface area (Å²) >= 11 is 0. The summed E-state index contributed by atoms with van der Waals surface area (Å²) in [6.45, 7) is 3.83. The van der Waals surface area contributed by atoms with Crippen LogP contribution >= 0.6 is 0 Å². The van der Waals surface area contributed by atoms with Gasteiger partial charge >= 0.3 is 0 Å². The minimum atomic E-state index is -3.44. The van der Waals surface area contributed by atoms with Gasteiger partial charge in [-0.2, -0.15) is 0 Å². The maximum absolute atomic E-state index is 12.2. The number of sulfonamides is 1. The van der Waals surface area contributed by atoms with Crippen molar-refractivity contribution in [1.82, 2.24) is 4.72 Å². The molecule has 0 spiro atoms. The molecule has 1 aromatic rings. The number of para-hydroxylation sites is 1. The number of ether oxygens (including phenoxy) is 1. The van der Waals surface area contributed by atoms with Gasteiger partial charge in [0.2, 0.25) is 10.0 Å². The molecule has 114 valence electrons. The van der Waals surface area contributed by atoms with E-state index in [2.05, 4.69) is 10.0 Å². The highest BCUT2D eigenvalue weighted by Crippen LogP contribution is 2.20. The van der Waals surface area contributed by atoms with Crippen LogP contribution in [0.4, 0.5) is 5.69 Å². The molecule has 0 aliphatic carbocycles. The molecule has 0 saturated heterocycles. The van der Waals surface area contributed by atoms with Gasteiger partial charge < -0.3 is 10.1 Å². The van der Waals surface area contributed by atoms with Crippen LogP contribution in [0.1, 0.15) is 26.2 Å². The van der Waals surface area contributed by atoms with E-state index >= 15 is 0 Å². The second-order valence-electron chi connectivity index (χ2n) is 4.52. The van der Waals surface area contributed by atoms with E-state index in [4.69, 9.17) is 4.74 Å². The quantitative estimate of drug-likeness (QED) is 0.650. The fourth-order valence-electron chi connectivity index (χ4n) is 1.76. The van der Waals surface area contributed by atoms with Crippen LogP contribution in [0, 0.1) is 0 Å². The summed E-state index contributed by atoms with van der Waals surface area (Å²) in [7, 11) is -1.76. The van der Waals surface area contributed by atoms with Crippen molar-refractivity contribution in [2.75, 3.05) is 32.1 Å². The van der Waals surface area contributed by atoms with Crippen LogP contribution in [-0.2, 0) is 14.8 Å². The third kappa shape index (κ3) is 5.48. The first kappa shape index (κ1) is 16.9. The van der Waals surface area contributed by atoms with Gasteiger partial charge in [-0.1, -0.05) is 19.1 Å². The van der Waals surface area contributed by atoms with E-state index in [1.54, 1.807) is 25.3 Å². The Morgan fingerprint density at radius 1 is 1.15 bits per heavy atom. The molecule has 1 rings (SSSR count). The highest BCUT2D eigenvalue weighted by atomic mass is 32.2. The molecule has 0 aliphatic rings. The topological polar surface area (TPSA) is 67.4 Å². The van der Waals surface area contributed by atoms with Crippen molar-refractivity contribution in [2.24, 2.45) is 0 Å². The smallest absolute Gasteiger partial charge is 0.242 e. The first-order chi connectivity index (χ1) is 9.61. The summed E-state index contributed by atoms with van der Waals surface area (Å²) in [5.74, 6) is 0. The standard InChI is InChI=1S/C14H24N2O3S/c1-3-10-16-20(17,18)14-9-5-4-8-13(14)15-11-6-7-12-19-2/h4-5,8-9,15-16H,3,6-7,10-12H2,1-2H3. The van der Waals surface area contributed by atoms with Crippen molar-refractivity contribution >= 4 is 15.7 Å². The number of methoxy groups -OCH3 is 1. The Morgan fingerprint density at radius 2 is 1.90 bits per heavy atom. The van der Waals surface area contributed by atoms with Crippen LogP contribution in [0.3, 0.4) is 0 Å². The van der Waals surface area contributed by atoms with Crippen LogP contribution < -0.4 is 10.0 Å². The van der Waals surface area contributed by atoms with E-state index in [1.165, 1.54) is 0 Å². The third-order valence-electron chi connectivity index (χ3n) is 2.81. The van der Waals surface area contributed by atoms with Crippen LogP contribution in [-0.4, -0.2) is 35.2 Å². The van der Waals surface area contributed by atoms with Gasteiger partial charge in [0.25, 0.3) is 0 Å². The Hall–Kier alpha value is -1.11. The molecule has 0 amide bonds. The van der Waals surface area contributed by atoms with Crippen LogP contribution in [0.2, 0.25) is 0 Å². The van der Waals surface area contributed by atoms with Crippen LogP contribution in [0.15, 0.2) is 29.2 Å². The Balaban J connectivity index is 2.68. The second-order valence-corrected chi connectivity index (χ2v) is 6.26. The predicted molar refractivity (Wildman–Crippen MR) is 81.5 cm³/mol. The first-order valence-corrected chi connectivity index (χ1v) is 8.41. The molecule has 0 aliphatic heterocycles. The first-order valence-electron chi connectivity index (χ1n) is 6.93. The number of unbranched alkanes of at least 4 members (excludes halogenated alkanes) is 1. The Kier molecular flexibility index (Phi) is 7.58. The largest absolute Gasteiger partial charge is 0.385 e. The van der Waals surface area contributed by atoms with E-state index < -0.39 is 10.0 Å². The van der Waals surface area contributed by atoms with Crippen LogP contribution in [0.5, 0.6) is 0 Å². The Morgan fingerprint density at radius 3 is 2.60 bits per heavy atom. The van der Waals surface area contributed by atoms with Gasteiger partial charge in [0.1, 0.15) is 4.90 Å². The van der Waals surface area contributed by atoms with Crippen molar-refractivity contribution < 1.29 is 13.2 Å². The van der Waals surface area contributed by atoms with Gasteiger partial charge in [0.05, 0.1) is 5.69 Å². The average molecular weight is 300 g/mol. The van der Waals surface area contributed by atoms with Gasteiger partial charge in [-0.3, -0.25) is 0 Å². The lowest BCUT2D eigenvalue weighted by Gasteiger charge is -2.13. The summed E-state index contributed by atoms with van der Waals surface area (Å²) < 4.78 is 31.9. The molecule has 20 heavy (non-hydrogen) atoms. The zero-order valence-corrected chi connectivity index (χ0v) is 13.0. The molecule has 0 unspecified atom stereocenters. The van der Waals surface area contributed by atoms with Crippen molar-refractivity contribution in [2.45, 2.75) is 31.1 Å². The monoisotopic (exact) mass is 300 g/mol. The zero-order chi connectivity index (χ0) is 14.8. The van der Waals surface area contributed by atoms with Crippen molar-refractivity contribution in [3.8, 4) is 0 Å². The molecular formula is C14H24N2O3S. The number of benzene rings is 1. The van der Waals surface area contributed by atoms with Gasteiger partial charge in [-0.15, -0.1) is 0 Å². The normalized spacial score (nSPS) is 11.5. The van der Waals surface area contributed by atoms with Gasteiger partial charge in [0, 0.05) is 26.8 Å². The molecular weight excluding hydrogens is 276 g/mol. The Labute approximate surface area is 121 Å². The summed E-state index contributed by atoms with van der Waals surface area (Å²) in [5.41, 5.74) is 0.647. The molecule has 0 radical (unpaired) electrons. The summed E-state index contributed by atoms with van der Waals surface area (Å²) in [6.07, 6.45) is 2.66. The fourth-order valence-corrected chi connectivity index (χ4v) is 3.07. The molecule has 0 atom stereocenters. The molecule has 0 heterocycles. The fraction of sp³-hybridized carbons (Fsp3) is 0.571. The number of rotatable bonds is 10. The number of hydrogen-bond donors (Lipinski definition) is 2. The average Bonchev–Trinajstić information content (AvgIpc) is 2.45. The summed E-state index contributed by atoms with van der Waals surface area (Å²) in [6, 6.07) is 6.97. The molecule has 0 saturated carbocycles. The predicted octanol–water partition coefficient (Wildman–Crippen LogP) is 2.21. The Bertz CT molecular complexity index is 489. The number of hydrogen-bond acceptors (Lipinski definition) is 4. The lowest BCUT2D eigenvalue weighted by Crippen LogP contribution is -2.25.